The number of rotatable bonds is 9. The first-order chi connectivity index (χ1) is 14.7. The van der Waals surface area contributed by atoms with Crippen molar-refractivity contribution in [1.82, 2.24) is 10.6 Å². The van der Waals surface area contributed by atoms with E-state index in [9.17, 15) is 9.59 Å². The zero-order valence-electron chi connectivity index (χ0n) is 25.5. The minimum Gasteiger partial charge on any atom is -0.349 e. The predicted octanol–water partition coefficient (Wildman–Crippen LogP) is 7.71. The summed E-state index contributed by atoms with van der Waals surface area (Å²) < 4.78 is 0. The largest absolute Gasteiger partial charge is 0.349 e. The van der Waals surface area contributed by atoms with E-state index in [2.05, 4.69) is 93.7 Å². The van der Waals surface area contributed by atoms with Crippen LogP contribution in [0.15, 0.2) is 0 Å². The maximum absolute atomic E-state index is 13.0. The Hall–Kier alpha value is -0.200. The molecule has 0 aromatic rings. The van der Waals surface area contributed by atoms with Crippen molar-refractivity contribution >= 4 is 27.7 Å². The SMILES string of the molecule is CC(C)(C)P(CCC(=O)NC(C)(C)C(C)(C)NC(=O)CCP(C(C)(C)C)C(C)(C)C)C(C)(C)C. The fourth-order valence-electron chi connectivity index (χ4n) is 4.92. The van der Waals surface area contributed by atoms with Crippen molar-refractivity contribution < 1.29 is 9.59 Å². The first kappa shape index (κ1) is 33.8. The Morgan fingerprint density at radius 1 is 0.471 bits per heavy atom. The molecular formula is C28H58N2O2P2. The summed E-state index contributed by atoms with van der Waals surface area (Å²) in [6.45, 7) is 35.5. The Balaban J connectivity index is 5.15. The van der Waals surface area contributed by atoms with Crippen molar-refractivity contribution in [3.05, 3.63) is 0 Å². The van der Waals surface area contributed by atoms with E-state index in [0.717, 1.165) is 12.3 Å². The number of amides is 2. The van der Waals surface area contributed by atoms with Gasteiger partial charge in [0, 0.05) is 12.8 Å². The van der Waals surface area contributed by atoms with Crippen LogP contribution in [-0.4, -0.2) is 55.8 Å². The Morgan fingerprint density at radius 2 is 0.676 bits per heavy atom. The summed E-state index contributed by atoms with van der Waals surface area (Å²) in [5.41, 5.74) is -1.13. The van der Waals surface area contributed by atoms with Crippen LogP contribution in [0.4, 0.5) is 0 Å². The lowest BCUT2D eigenvalue weighted by atomic mass is 9.82. The molecule has 6 heteroatoms. The molecule has 0 saturated carbocycles. The van der Waals surface area contributed by atoms with Gasteiger partial charge < -0.3 is 10.6 Å². The molecule has 202 valence electrons. The van der Waals surface area contributed by atoms with E-state index in [1.807, 2.05) is 27.7 Å². The minimum atomic E-state index is -0.565. The van der Waals surface area contributed by atoms with Crippen LogP contribution in [0.2, 0.25) is 0 Å². The molecular weight excluding hydrogens is 458 g/mol. The highest BCUT2D eigenvalue weighted by atomic mass is 31.1. The number of nitrogens with one attached hydrogen (secondary N) is 2. The molecule has 0 heterocycles. The van der Waals surface area contributed by atoms with Gasteiger partial charge in [-0.1, -0.05) is 98.9 Å². The molecule has 0 atom stereocenters. The van der Waals surface area contributed by atoms with Crippen molar-refractivity contribution in [3.63, 3.8) is 0 Å². The quantitative estimate of drug-likeness (QED) is 0.308. The van der Waals surface area contributed by atoms with Crippen molar-refractivity contribution in [2.24, 2.45) is 0 Å². The smallest absolute Gasteiger partial charge is 0.220 e. The summed E-state index contributed by atoms with van der Waals surface area (Å²) >= 11 is 0. The molecule has 0 aliphatic rings. The first-order valence-corrected chi connectivity index (χ1v) is 15.9. The highest BCUT2D eigenvalue weighted by molar-refractivity contribution is 7.61. The van der Waals surface area contributed by atoms with Gasteiger partial charge >= 0.3 is 0 Å². The van der Waals surface area contributed by atoms with Crippen molar-refractivity contribution in [3.8, 4) is 0 Å². The van der Waals surface area contributed by atoms with E-state index in [0.29, 0.717) is 12.8 Å². The van der Waals surface area contributed by atoms with Gasteiger partial charge in [0.25, 0.3) is 0 Å². The Morgan fingerprint density at radius 3 is 0.853 bits per heavy atom. The second-order valence-corrected chi connectivity index (χ2v) is 22.8. The molecule has 0 aliphatic carbocycles. The molecule has 0 aromatic heterocycles. The molecule has 0 bridgehead atoms. The van der Waals surface area contributed by atoms with Crippen LogP contribution in [0.1, 0.15) is 124 Å². The summed E-state index contributed by atoms with van der Waals surface area (Å²) in [5, 5.41) is 7.29. The highest BCUT2D eigenvalue weighted by Gasteiger charge is 2.41. The van der Waals surface area contributed by atoms with E-state index >= 15 is 0 Å². The second kappa shape index (κ2) is 11.5. The Labute approximate surface area is 215 Å². The highest BCUT2D eigenvalue weighted by Crippen LogP contribution is 2.60. The summed E-state index contributed by atoms with van der Waals surface area (Å²) in [4.78, 5) is 25.9. The monoisotopic (exact) mass is 516 g/mol. The fourth-order valence-corrected chi connectivity index (χ4v) is 12.5. The van der Waals surface area contributed by atoms with E-state index in [-0.39, 0.29) is 48.3 Å². The van der Waals surface area contributed by atoms with Gasteiger partial charge in [0.15, 0.2) is 0 Å². The zero-order valence-corrected chi connectivity index (χ0v) is 27.3. The molecule has 34 heavy (non-hydrogen) atoms. The Kier molecular flexibility index (Phi) is 11.4. The first-order valence-electron chi connectivity index (χ1n) is 12.9. The molecule has 0 saturated heterocycles. The van der Waals surface area contributed by atoms with Gasteiger partial charge in [0.1, 0.15) is 0 Å². The van der Waals surface area contributed by atoms with Gasteiger partial charge in [-0.2, -0.15) is 0 Å². The van der Waals surface area contributed by atoms with E-state index < -0.39 is 11.1 Å². The summed E-state index contributed by atoms with van der Waals surface area (Å²) in [6, 6.07) is 0. The van der Waals surface area contributed by atoms with Crippen LogP contribution in [0.5, 0.6) is 0 Å². The van der Waals surface area contributed by atoms with Gasteiger partial charge in [-0.3, -0.25) is 9.59 Å². The number of carbonyl (C=O) groups excluding carboxylic acids is 2. The molecule has 4 nitrogen and oxygen atoms in total. The molecule has 0 rings (SSSR count). The fraction of sp³-hybridized carbons (Fsp3) is 0.929. The summed E-state index contributed by atoms with van der Waals surface area (Å²) in [7, 11) is -0.637. The lowest BCUT2D eigenvalue weighted by Gasteiger charge is -2.44. The molecule has 0 aromatic carbocycles. The van der Waals surface area contributed by atoms with Crippen molar-refractivity contribution in [1.29, 1.82) is 0 Å². The lowest BCUT2D eigenvalue weighted by molar-refractivity contribution is -0.127. The molecule has 2 amide bonds. The van der Waals surface area contributed by atoms with E-state index in [1.54, 1.807) is 0 Å². The van der Waals surface area contributed by atoms with Crippen molar-refractivity contribution in [2.75, 3.05) is 12.3 Å². The number of carbonyl (C=O) groups is 2. The number of hydrogen-bond donors (Lipinski definition) is 2. The van der Waals surface area contributed by atoms with Gasteiger partial charge in [-0.05, 0) is 60.6 Å². The summed E-state index contributed by atoms with van der Waals surface area (Å²) in [6.07, 6.45) is 2.88. The number of hydrogen-bond acceptors (Lipinski definition) is 2. The van der Waals surface area contributed by atoms with Crippen molar-refractivity contribution in [2.45, 2.75) is 155 Å². The van der Waals surface area contributed by atoms with Gasteiger partial charge in [-0.25, -0.2) is 0 Å². The average Bonchev–Trinajstić information content (AvgIpc) is 2.48. The van der Waals surface area contributed by atoms with Crippen LogP contribution in [-0.2, 0) is 9.59 Å². The van der Waals surface area contributed by atoms with Gasteiger partial charge in [-0.15, -0.1) is 0 Å². The molecule has 0 aliphatic heterocycles. The molecule has 0 spiro atoms. The third kappa shape index (κ3) is 10.8. The van der Waals surface area contributed by atoms with E-state index in [1.165, 1.54) is 0 Å². The zero-order chi connectivity index (χ0) is 27.6. The third-order valence-electron chi connectivity index (χ3n) is 6.83. The van der Waals surface area contributed by atoms with Crippen LogP contribution < -0.4 is 10.6 Å². The lowest BCUT2D eigenvalue weighted by Crippen LogP contribution is -2.65. The average molecular weight is 517 g/mol. The van der Waals surface area contributed by atoms with Crippen LogP contribution >= 0.6 is 15.8 Å². The molecule has 0 radical (unpaired) electrons. The van der Waals surface area contributed by atoms with Crippen LogP contribution in [0.3, 0.4) is 0 Å². The van der Waals surface area contributed by atoms with Crippen LogP contribution in [0.25, 0.3) is 0 Å². The molecule has 2 N–H and O–H groups in total. The predicted molar refractivity (Wildman–Crippen MR) is 156 cm³/mol. The minimum absolute atomic E-state index is 0.0670. The van der Waals surface area contributed by atoms with Crippen LogP contribution in [0, 0.1) is 0 Å². The molecule has 0 unspecified atom stereocenters. The second-order valence-electron chi connectivity index (χ2n) is 14.8. The van der Waals surface area contributed by atoms with E-state index in [4.69, 9.17) is 0 Å². The standard InChI is InChI=1S/C28H58N2O2P2/c1-23(2,3)33(24(4,5)6)19-17-21(31)29-27(13,14)28(15,16)30-22(32)18-20-34(25(7,8)9)26(10,11)12/h17-20H2,1-16H3,(H,29,31)(H,30,32). The summed E-state index contributed by atoms with van der Waals surface area (Å²) in [5.74, 6) is 0.134. The van der Waals surface area contributed by atoms with Gasteiger partial charge in [0.2, 0.25) is 11.8 Å². The topological polar surface area (TPSA) is 58.2 Å². The normalized spacial score (nSPS) is 14.5. The maximum Gasteiger partial charge on any atom is 0.220 e. The maximum atomic E-state index is 13.0. The molecule has 0 fully saturated rings. The Bertz CT molecular complexity index is 599. The third-order valence-corrected chi connectivity index (χ3v) is 14.6. The van der Waals surface area contributed by atoms with Gasteiger partial charge in [0.05, 0.1) is 11.1 Å².